The number of hydrogen-bond acceptors (Lipinski definition) is 3. The molecular weight excluding hydrogens is 118 g/mol. The van der Waals surface area contributed by atoms with Gasteiger partial charge in [0, 0.05) is 0 Å². The fraction of sp³-hybridized carbons (Fsp3) is 0.333. The predicted octanol–water partition coefficient (Wildman–Crippen LogP) is 0.941. The van der Waals surface area contributed by atoms with Gasteiger partial charge in [0.25, 0.3) is 0 Å². The van der Waals surface area contributed by atoms with Gasteiger partial charge in [0.1, 0.15) is 25.0 Å². The highest BCUT2D eigenvalue weighted by molar-refractivity contribution is 4.77. The molecule has 2 N–H and O–H groups in total. The van der Waals surface area contributed by atoms with Gasteiger partial charge in [-0.25, -0.2) is 0 Å². The summed E-state index contributed by atoms with van der Waals surface area (Å²) in [5, 5.41) is 0. The molecule has 9 heavy (non-hydrogen) atoms. The fourth-order valence-corrected chi connectivity index (χ4v) is 0.219. The van der Waals surface area contributed by atoms with E-state index in [1.165, 1.54) is 25.0 Å². The highest BCUT2D eigenvalue weighted by atomic mass is 16.5. The number of hydrogen-bond donors (Lipinski definition) is 1. The van der Waals surface area contributed by atoms with Gasteiger partial charge in [-0.2, -0.15) is 0 Å². The van der Waals surface area contributed by atoms with Gasteiger partial charge in [-0.15, -0.1) is 0 Å². The molecule has 0 radical (unpaired) electrons. The van der Waals surface area contributed by atoms with Crippen molar-refractivity contribution in [2.24, 2.45) is 5.73 Å². The van der Waals surface area contributed by atoms with Crippen LogP contribution in [0.25, 0.3) is 0 Å². The summed E-state index contributed by atoms with van der Waals surface area (Å²) in [7, 11) is 0. The van der Waals surface area contributed by atoms with Crippen LogP contribution in [0.4, 0.5) is 0 Å². The Morgan fingerprint density at radius 2 is 1.33 bits per heavy atom. The predicted molar refractivity (Wildman–Crippen MR) is 35.2 cm³/mol. The molecule has 0 saturated heterocycles. The Balaban J connectivity index is 0.000000187. The minimum absolute atomic E-state index is 0.750. The molecule has 1 aliphatic rings. The SMILES string of the molecule is C1=COC=CO1.CCN. The van der Waals surface area contributed by atoms with Crippen molar-refractivity contribution in [3.05, 3.63) is 25.0 Å². The van der Waals surface area contributed by atoms with Crippen LogP contribution in [0, 0.1) is 0 Å². The Morgan fingerprint density at radius 1 is 1.11 bits per heavy atom. The van der Waals surface area contributed by atoms with Gasteiger partial charge in [0.05, 0.1) is 0 Å². The molecule has 1 rings (SSSR count). The average Bonchev–Trinajstić information content (AvgIpc) is 1.93. The van der Waals surface area contributed by atoms with E-state index in [2.05, 4.69) is 9.47 Å². The molecule has 0 aromatic rings. The van der Waals surface area contributed by atoms with E-state index in [1.54, 1.807) is 0 Å². The Labute approximate surface area is 54.8 Å². The van der Waals surface area contributed by atoms with E-state index in [-0.39, 0.29) is 0 Å². The lowest BCUT2D eigenvalue weighted by Gasteiger charge is -1.94. The topological polar surface area (TPSA) is 44.5 Å². The largest absolute Gasteiger partial charge is 0.466 e. The highest BCUT2D eigenvalue weighted by Crippen LogP contribution is 1.89. The number of ether oxygens (including phenoxy) is 2. The van der Waals surface area contributed by atoms with Gasteiger partial charge >= 0.3 is 0 Å². The zero-order valence-corrected chi connectivity index (χ0v) is 5.41. The Hall–Kier alpha value is -0.960. The first-order valence-electron chi connectivity index (χ1n) is 2.72. The molecule has 0 atom stereocenters. The summed E-state index contributed by atoms with van der Waals surface area (Å²) in [4.78, 5) is 0. The standard InChI is InChI=1S/C4H4O2.C2H7N/c1-2-6-4-3-5-1;1-2-3/h1-4H;2-3H2,1H3. The third-order valence-electron chi connectivity index (χ3n) is 0.425. The van der Waals surface area contributed by atoms with Crippen molar-refractivity contribution in [2.45, 2.75) is 6.92 Å². The van der Waals surface area contributed by atoms with Crippen LogP contribution >= 0.6 is 0 Å². The van der Waals surface area contributed by atoms with Crippen molar-refractivity contribution in [3.63, 3.8) is 0 Å². The molecule has 0 bridgehead atoms. The zero-order valence-electron chi connectivity index (χ0n) is 5.41. The second-order valence-electron chi connectivity index (χ2n) is 1.22. The quantitative estimate of drug-likeness (QED) is 0.529. The maximum Gasteiger partial charge on any atom is 0.125 e. The molecule has 0 aromatic carbocycles. The van der Waals surface area contributed by atoms with E-state index in [0.717, 1.165) is 6.54 Å². The first-order valence-corrected chi connectivity index (χ1v) is 2.72. The van der Waals surface area contributed by atoms with E-state index in [9.17, 15) is 0 Å². The van der Waals surface area contributed by atoms with Gasteiger partial charge < -0.3 is 15.2 Å². The third-order valence-corrected chi connectivity index (χ3v) is 0.425. The number of rotatable bonds is 0. The van der Waals surface area contributed by atoms with E-state index in [0.29, 0.717) is 0 Å². The van der Waals surface area contributed by atoms with Crippen LogP contribution in [0.3, 0.4) is 0 Å². The first kappa shape index (κ1) is 8.04. The van der Waals surface area contributed by atoms with E-state index in [1.807, 2.05) is 6.92 Å². The molecule has 0 spiro atoms. The molecule has 0 fully saturated rings. The summed E-state index contributed by atoms with van der Waals surface area (Å²) >= 11 is 0. The van der Waals surface area contributed by atoms with Gasteiger partial charge in [0.15, 0.2) is 0 Å². The second-order valence-corrected chi connectivity index (χ2v) is 1.22. The Bertz CT molecular complexity index is 79.2. The van der Waals surface area contributed by atoms with Gasteiger partial charge in [-0.05, 0) is 6.54 Å². The van der Waals surface area contributed by atoms with Crippen LogP contribution < -0.4 is 5.73 Å². The van der Waals surface area contributed by atoms with Crippen molar-refractivity contribution in [3.8, 4) is 0 Å². The monoisotopic (exact) mass is 129 g/mol. The van der Waals surface area contributed by atoms with Crippen molar-refractivity contribution in [1.29, 1.82) is 0 Å². The van der Waals surface area contributed by atoms with E-state index in [4.69, 9.17) is 5.73 Å². The zero-order chi connectivity index (χ0) is 6.95. The first-order chi connectivity index (χ1) is 4.41. The summed E-state index contributed by atoms with van der Waals surface area (Å²) in [5.74, 6) is 0. The molecule has 0 amide bonds. The van der Waals surface area contributed by atoms with Crippen molar-refractivity contribution in [2.75, 3.05) is 6.54 Å². The smallest absolute Gasteiger partial charge is 0.125 e. The molecule has 1 heterocycles. The van der Waals surface area contributed by atoms with E-state index >= 15 is 0 Å². The van der Waals surface area contributed by atoms with Crippen molar-refractivity contribution in [1.82, 2.24) is 0 Å². The lowest BCUT2D eigenvalue weighted by molar-refractivity contribution is 0.290. The molecule has 0 unspecified atom stereocenters. The summed E-state index contributed by atoms with van der Waals surface area (Å²) < 4.78 is 9.17. The molecule has 3 heteroatoms. The summed E-state index contributed by atoms with van der Waals surface area (Å²) in [5.41, 5.74) is 4.85. The normalized spacial score (nSPS) is 12.7. The van der Waals surface area contributed by atoms with Crippen molar-refractivity contribution < 1.29 is 9.47 Å². The molecule has 52 valence electrons. The molecular formula is C6H11NO2. The minimum Gasteiger partial charge on any atom is -0.466 e. The van der Waals surface area contributed by atoms with Crippen LogP contribution in [0.2, 0.25) is 0 Å². The van der Waals surface area contributed by atoms with Crippen LogP contribution in [-0.2, 0) is 9.47 Å². The van der Waals surface area contributed by atoms with E-state index < -0.39 is 0 Å². The molecule has 0 saturated carbocycles. The summed E-state index contributed by atoms with van der Waals surface area (Å²) in [6.45, 7) is 2.65. The summed E-state index contributed by atoms with van der Waals surface area (Å²) in [6, 6.07) is 0. The molecule has 0 aliphatic carbocycles. The fourth-order valence-electron chi connectivity index (χ4n) is 0.219. The molecule has 3 nitrogen and oxygen atoms in total. The van der Waals surface area contributed by atoms with Crippen LogP contribution in [-0.4, -0.2) is 6.54 Å². The Morgan fingerprint density at radius 3 is 1.44 bits per heavy atom. The lowest BCUT2D eigenvalue weighted by atomic mass is 10.8. The molecule has 0 aromatic heterocycles. The van der Waals surface area contributed by atoms with Crippen LogP contribution in [0.1, 0.15) is 6.92 Å². The highest BCUT2D eigenvalue weighted by Gasteiger charge is 1.74. The molecule has 1 aliphatic heterocycles. The van der Waals surface area contributed by atoms with Gasteiger partial charge in [0.2, 0.25) is 0 Å². The van der Waals surface area contributed by atoms with Gasteiger partial charge in [-0.3, -0.25) is 0 Å². The minimum atomic E-state index is 0.750. The van der Waals surface area contributed by atoms with Crippen molar-refractivity contribution >= 4 is 0 Å². The second kappa shape index (κ2) is 7.04. The third kappa shape index (κ3) is 7.04. The van der Waals surface area contributed by atoms with Gasteiger partial charge in [-0.1, -0.05) is 6.92 Å². The Kier molecular flexibility index (Phi) is 6.29. The maximum absolute atomic E-state index is 4.85. The lowest BCUT2D eigenvalue weighted by Crippen LogP contribution is -1.87. The van der Waals surface area contributed by atoms with Crippen LogP contribution in [0.5, 0.6) is 0 Å². The maximum atomic E-state index is 4.85. The summed E-state index contributed by atoms with van der Waals surface area (Å²) in [6.07, 6.45) is 5.83. The number of nitrogens with two attached hydrogens (primary N) is 1. The van der Waals surface area contributed by atoms with Crippen LogP contribution in [0.15, 0.2) is 25.0 Å². The average molecular weight is 129 g/mol.